The standard InChI is InChI=1S/C27H24FN3O3/c1-33-20-12-10-19(11-13-20)25-18-29-26(34-25)21-6-2-3-7-22(21)27(32)31-16-14-30(15-17-31)24-9-5-4-8-23(24)28/h2-13,18H,14-17H2,1H3. The fraction of sp³-hybridized carbons (Fsp3) is 0.185. The molecular formula is C27H24FN3O3. The molecule has 0 N–H and O–H groups in total. The number of hydrogen-bond donors (Lipinski definition) is 0. The number of halogens is 1. The molecule has 2 heterocycles. The van der Waals surface area contributed by atoms with Crippen LogP contribution in [0, 0.1) is 5.82 Å². The molecular weight excluding hydrogens is 433 g/mol. The molecule has 6 nitrogen and oxygen atoms in total. The maximum Gasteiger partial charge on any atom is 0.254 e. The molecule has 1 aliphatic rings. The van der Waals surface area contributed by atoms with Crippen LogP contribution in [0.1, 0.15) is 10.4 Å². The minimum atomic E-state index is -0.246. The lowest BCUT2D eigenvalue weighted by Crippen LogP contribution is -2.49. The van der Waals surface area contributed by atoms with Crippen molar-refractivity contribution in [2.75, 3.05) is 38.2 Å². The fourth-order valence-corrected chi connectivity index (χ4v) is 4.17. The molecule has 1 aliphatic heterocycles. The van der Waals surface area contributed by atoms with Crippen LogP contribution in [0.5, 0.6) is 5.75 Å². The third-order valence-corrected chi connectivity index (χ3v) is 6.03. The third-order valence-electron chi connectivity index (χ3n) is 6.03. The lowest BCUT2D eigenvalue weighted by molar-refractivity contribution is 0.0747. The van der Waals surface area contributed by atoms with Gasteiger partial charge in [0.15, 0.2) is 5.76 Å². The number of aromatic nitrogens is 1. The Kier molecular flexibility index (Phi) is 5.99. The zero-order chi connectivity index (χ0) is 23.5. The smallest absolute Gasteiger partial charge is 0.254 e. The van der Waals surface area contributed by atoms with E-state index in [2.05, 4.69) is 4.98 Å². The molecule has 172 valence electrons. The number of ether oxygens (including phenoxy) is 1. The molecule has 34 heavy (non-hydrogen) atoms. The van der Waals surface area contributed by atoms with Crippen LogP contribution >= 0.6 is 0 Å². The predicted octanol–water partition coefficient (Wildman–Crippen LogP) is 5.12. The zero-order valence-electron chi connectivity index (χ0n) is 18.8. The van der Waals surface area contributed by atoms with Crippen molar-refractivity contribution in [2.45, 2.75) is 0 Å². The summed E-state index contributed by atoms with van der Waals surface area (Å²) in [4.78, 5) is 21.6. The number of rotatable bonds is 5. The van der Waals surface area contributed by atoms with Crippen LogP contribution in [0.4, 0.5) is 10.1 Å². The molecule has 0 atom stereocenters. The zero-order valence-corrected chi connectivity index (χ0v) is 18.8. The quantitative estimate of drug-likeness (QED) is 0.416. The molecule has 1 aromatic heterocycles. The van der Waals surface area contributed by atoms with E-state index in [1.165, 1.54) is 6.07 Å². The lowest BCUT2D eigenvalue weighted by Gasteiger charge is -2.36. The van der Waals surface area contributed by atoms with Gasteiger partial charge < -0.3 is 19.0 Å². The van der Waals surface area contributed by atoms with Gasteiger partial charge in [0.05, 0.1) is 24.6 Å². The molecule has 1 saturated heterocycles. The highest BCUT2D eigenvalue weighted by Crippen LogP contribution is 2.30. The van der Waals surface area contributed by atoms with Gasteiger partial charge in [0.2, 0.25) is 5.89 Å². The van der Waals surface area contributed by atoms with Gasteiger partial charge >= 0.3 is 0 Å². The molecule has 0 unspecified atom stereocenters. The van der Waals surface area contributed by atoms with E-state index >= 15 is 0 Å². The van der Waals surface area contributed by atoms with Crippen molar-refractivity contribution in [2.24, 2.45) is 0 Å². The Morgan fingerprint density at radius 1 is 0.941 bits per heavy atom. The SMILES string of the molecule is COc1ccc(-c2cnc(-c3ccccc3C(=O)N3CCN(c4ccccc4F)CC3)o2)cc1. The van der Waals surface area contributed by atoms with Crippen molar-refractivity contribution in [1.29, 1.82) is 0 Å². The van der Waals surface area contributed by atoms with Crippen molar-refractivity contribution >= 4 is 11.6 Å². The number of benzene rings is 3. The number of oxazole rings is 1. The predicted molar refractivity (Wildman–Crippen MR) is 128 cm³/mol. The highest BCUT2D eigenvalue weighted by Gasteiger charge is 2.26. The van der Waals surface area contributed by atoms with E-state index in [9.17, 15) is 9.18 Å². The molecule has 1 fully saturated rings. The van der Waals surface area contributed by atoms with E-state index in [4.69, 9.17) is 9.15 Å². The number of carbonyl (C=O) groups is 1. The summed E-state index contributed by atoms with van der Waals surface area (Å²) >= 11 is 0. The minimum absolute atomic E-state index is 0.0898. The maximum absolute atomic E-state index is 14.2. The molecule has 4 aromatic rings. The topological polar surface area (TPSA) is 58.8 Å². The average molecular weight is 458 g/mol. The lowest BCUT2D eigenvalue weighted by atomic mass is 10.1. The Hall–Kier alpha value is -4.13. The van der Waals surface area contributed by atoms with E-state index in [-0.39, 0.29) is 11.7 Å². The largest absolute Gasteiger partial charge is 0.497 e. The highest BCUT2D eigenvalue weighted by atomic mass is 19.1. The van der Waals surface area contributed by atoms with Gasteiger partial charge in [-0.3, -0.25) is 4.79 Å². The number of anilines is 1. The summed E-state index contributed by atoms with van der Waals surface area (Å²) in [6.45, 7) is 2.14. The molecule has 7 heteroatoms. The Morgan fingerprint density at radius 3 is 2.38 bits per heavy atom. The summed E-state index contributed by atoms with van der Waals surface area (Å²) < 4.78 is 25.4. The average Bonchev–Trinajstić information content (AvgIpc) is 3.39. The number of carbonyl (C=O) groups excluding carboxylic acids is 1. The summed E-state index contributed by atoms with van der Waals surface area (Å²) in [5.74, 6) is 1.42. The van der Waals surface area contributed by atoms with E-state index < -0.39 is 0 Å². The summed E-state index contributed by atoms with van der Waals surface area (Å²) in [5.41, 5.74) is 2.61. The molecule has 0 radical (unpaired) electrons. The molecule has 5 rings (SSSR count). The molecule has 1 amide bonds. The Morgan fingerprint density at radius 2 is 1.65 bits per heavy atom. The van der Waals surface area contributed by atoms with Gasteiger partial charge in [0.25, 0.3) is 5.91 Å². The number of hydrogen-bond acceptors (Lipinski definition) is 5. The maximum atomic E-state index is 14.2. The monoisotopic (exact) mass is 457 g/mol. The van der Waals surface area contributed by atoms with Crippen molar-refractivity contribution in [3.8, 4) is 28.5 Å². The van der Waals surface area contributed by atoms with Crippen LogP contribution in [0.25, 0.3) is 22.8 Å². The molecule has 0 bridgehead atoms. The van der Waals surface area contributed by atoms with Crippen LogP contribution in [0.15, 0.2) is 83.4 Å². The number of piperazine rings is 1. The molecule has 0 spiro atoms. The van der Waals surface area contributed by atoms with Crippen LogP contribution in [-0.2, 0) is 0 Å². The van der Waals surface area contributed by atoms with Gasteiger partial charge in [-0.25, -0.2) is 9.37 Å². The minimum Gasteiger partial charge on any atom is -0.497 e. The summed E-state index contributed by atoms with van der Waals surface area (Å²) in [6.07, 6.45) is 1.66. The van der Waals surface area contributed by atoms with Crippen molar-refractivity contribution < 1.29 is 18.3 Å². The first-order chi connectivity index (χ1) is 16.6. The Balaban J connectivity index is 1.34. The van der Waals surface area contributed by atoms with E-state index in [0.29, 0.717) is 54.6 Å². The fourth-order valence-electron chi connectivity index (χ4n) is 4.17. The number of amides is 1. The van der Waals surface area contributed by atoms with Crippen molar-refractivity contribution in [3.63, 3.8) is 0 Å². The third kappa shape index (κ3) is 4.24. The van der Waals surface area contributed by atoms with Crippen LogP contribution in [0.2, 0.25) is 0 Å². The van der Waals surface area contributed by atoms with Crippen molar-refractivity contribution in [1.82, 2.24) is 9.88 Å². The van der Waals surface area contributed by atoms with Crippen LogP contribution in [-0.4, -0.2) is 49.1 Å². The van der Waals surface area contributed by atoms with Crippen molar-refractivity contribution in [3.05, 3.63) is 90.4 Å². The molecule has 3 aromatic carbocycles. The van der Waals surface area contributed by atoms with E-state index in [0.717, 1.165) is 11.3 Å². The van der Waals surface area contributed by atoms with Gasteiger partial charge in [-0.05, 0) is 48.5 Å². The Labute approximate surface area is 197 Å². The number of nitrogens with zero attached hydrogens (tertiary/aromatic N) is 3. The van der Waals surface area contributed by atoms with Gasteiger partial charge in [-0.2, -0.15) is 0 Å². The Bertz CT molecular complexity index is 1290. The summed E-state index contributed by atoms with van der Waals surface area (Å²) in [5, 5.41) is 0. The second-order valence-corrected chi connectivity index (χ2v) is 8.03. The van der Waals surface area contributed by atoms with Gasteiger partial charge in [-0.1, -0.05) is 24.3 Å². The first-order valence-corrected chi connectivity index (χ1v) is 11.1. The van der Waals surface area contributed by atoms with Gasteiger partial charge in [0.1, 0.15) is 11.6 Å². The van der Waals surface area contributed by atoms with E-state index in [1.54, 1.807) is 36.4 Å². The number of para-hydroxylation sites is 1. The summed E-state index contributed by atoms with van der Waals surface area (Å²) in [6, 6.07) is 21.6. The number of methoxy groups -OCH3 is 1. The molecule has 0 aliphatic carbocycles. The highest BCUT2D eigenvalue weighted by molar-refractivity contribution is 6.00. The van der Waals surface area contributed by atoms with E-state index in [1.807, 2.05) is 53.4 Å². The first kappa shape index (κ1) is 21.7. The summed E-state index contributed by atoms with van der Waals surface area (Å²) in [7, 11) is 1.62. The normalized spacial score (nSPS) is 13.7. The molecule has 0 saturated carbocycles. The van der Waals surface area contributed by atoms with Crippen LogP contribution in [0.3, 0.4) is 0 Å². The second kappa shape index (κ2) is 9.39. The van der Waals surface area contributed by atoms with Gasteiger partial charge in [0, 0.05) is 37.3 Å². The second-order valence-electron chi connectivity index (χ2n) is 8.03. The first-order valence-electron chi connectivity index (χ1n) is 11.1. The van der Waals surface area contributed by atoms with Gasteiger partial charge in [-0.15, -0.1) is 0 Å². The van der Waals surface area contributed by atoms with Crippen LogP contribution < -0.4 is 9.64 Å².